The highest BCUT2D eigenvalue weighted by molar-refractivity contribution is 7.91. The van der Waals surface area contributed by atoms with Crippen molar-refractivity contribution in [2.24, 2.45) is 5.92 Å². The summed E-state index contributed by atoms with van der Waals surface area (Å²) >= 11 is 0. The van der Waals surface area contributed by atoms with Crippen LogP contribution in [0.5, 0.6) is 0 Å². The number of hydrogen-bond acceptors (Lipinski definition) is 4. The van der Waals surface area contributed by atoms with Crippen molar-refractivity contribution in [1.82, 2.24) is 10.0 Å². The molecule has 0 aromatic carbocycles. The van der Waals surface area contributed by atoms with E-state index in [0.717, 1.165) is 0 Å². The van der Waals surface area contributed by atoms with Crippen molar-refractivity contribution in [2.45, 2.75) is 36.5 Å². The Morgan fingerprint density at radius 2 is 2.06 bits per heavy atom. The first kappa shape index (κ1) is 13.1. The van der Waals surface area contributed by atoms with Gasteiger partial charge in [0.05, 0.1) is 4.75 Å². The highest BCUT2D eigenvalue weighted by atomic mass is 32.2. The Bertz CT molecular complexity index is 509. The minimum Gasteiger partial charge on any atom is -0.344 e. The Balaban J connectivity index is 2.13. The second kappa shape index (κ2) is 3.81. The summed E-state index contributed by atoms with van der Waals surface area (Å²) in [4.78, 5) is 22.5. The Morgan fingerprint density at radius 3 is 2.44 bits per heavy atom. The minimum absolute atomic E-state index is 0.218. The van der Waals surface area contributed by atoms with Crippen LogP contribution >= 0.6 is 0 Å². The molecule has 0 heterocycles. The van der Waals surface area contributed by atoms with Crippen LogP contribution in [0.15, 0.2) is 12.7 Å². The summed E-state index contributed by atoms with van der Waals surface area (Å²) < 4.78 is 25.1. The third-order valence-electron chi connectivity index (χ3n) is 3.85. The molecular formula is C11H16N2O4S. The summed E-state index contributed by atoms with van der Waals surface area (Å²) in [5, 5.41) is 2.40. The van der Waals surface area contributed by atoms with Gasteiger partial charge in [0.15, 0.2) is 0 Å². The van der Waals surface area contributed by atoms with Gasteiger partial charge in [-0.15, -0.1) is 6.58 Å². The van der Waals surface area contributed by atoms with Crippen molar-refractivity contribution in [3.8, 4) is 0 Å². The Labute approximate surface area is 106 Å². The quantitative estimate of drug-likeness (QED) is 0.512. The third-order valence-corrected chi connectivity index (χ3v) is 6.01. The number of rotatable bonds is 6. The van der Waals surface area contributed by atoms with Gasteiger partial charge < -0.3 is 5.32 Å². The second-order valence-corrected chi connectivity index (χ2v) is 7.36. The summed E-state index contributed by atoms with van der Waals surface area (Å²) in [5.74, 6) is -0.891. The molecule has 7 heteroatoms. The predicted octanol–water partition coefficient (Wildman–Crippen LogP) is -0.324. The van der Waals surface area contributed by atoms with Gasteiger partial charge in [0.2, 0.25) is 16.4 Å². The normalized spacial score (nSPS) is 32.2. The van der Waals surface area contributed by atoms with Crippen LogP contribution in [0.1, 0.15) is 26.2 Å². The number of carbonyl (C=O) groups excluding carboxylic acids is 2. The molecule has 2 fully saturated rings. The number of carbonyl (C=O) groups is 2. The zero-order valence-electron chi connectivity index (χ0n) is 10.1. The second-order valence-electron chi connectivity index (χ2n) is 5.16. The molecule has 2 aliphatic carbocycles. The van der Waals surface area contributed by atoms with E-state index >= 15 is 0 Å². The smallest absolute Gasteiger partial charge is 0.259 e. The van der Waals surface area contributed by atoms with Crippen molar-refractivity contribution in [2.75, 3.05) is 0 Å². The summed E-state index contributed by atoms with van der Waals surface area (Å²) in [6, 6.07) is 0. The van der Waals surface area contributed by atoms with E-state index in [1.807, 2.05) is 0 Å². The van der Waals surface area contributed by atoms with Gasteiger partial charge >= 0.3 is 0 Å². The van der Waals surface area contributed by atoms with Crippen molar-refractivity contribution < 1.29 is 18.0 Å². The first-order valence-corrected chi connectivity index (χ1v) is 7.20. The monoisotopic (exact) mass is 272 g/mol. The van der Waals surface area contributed by atoms with Crippen molar-refractivity contribution >= 4 is 22.3 Å². The maximum Gasteiger partial charge on any atom is 0.259 e. The molecule has 2 saturated carbocycles. The zero-order valence-corrected chi connectivity index (χ0v) is 10.9. The van der Waals surface area contributed by atoms with Gasteiger partial charge in [-0.05, 0) is 26.2 Å². The fourth-order valence-corrected chi connectivity index (χ4v) is 3.26. The highest BCUT2D eigenvalue weighted by Crippen LogP contribution is 2.46. The lowest BCUT2D eigenvalue weighted by Crippen LogP contribution is -2.51. The fourth-order valence-electron chi connectivity index (χ4n) is 1.95. The van der Waals surface area contributed by atoms with Gasteiger partial charge in [0, 0.05) is 5.92 Å². The minimum atomic E-state index is -3.67. The topological polar surface area (TPSA) is 92.3 Å². The first-order chi connectivity index (χ1) is 8.31. The van der Waals surface area contributed by atoms with E-state index in [9.17, 15) is 18.0 Å². The highest BCUT2D eigenvalue weighted by Gasteiger charge is 2.61. The Morgan fingerprint density at radius 1 is 1.44 bits per heavy atom. The van der Waals surface area contributed by atoms with E-state index in [2.05, 4.69) is 16.6 Å². The lowest BCUT2D eigenvalue weighted by molar-refractivity contribution is -0.125. The van der Waals surface area contributed by atoms with Crippen LogP contribution in [0.25, 0.3) is 0 Å². The predicted molar refractivity (Wildman–Crippen MR) is 64.9 cm³/mol. The third kappa shape index (κ3) is 1.82. The Kier molecular flexibility index (Phi) is 2.77. The van der Waals surface area contributed by atoms with Crippen molar-refractivity contribution in [1.29, 1.82) is 0 Å². The molecule has 0 aromatic heterocycles. The number of sulfonamides is 1. The molecule has 2 rings (SSSR count). The fraction of sp³-hybridized carbons (Fsp3) is 0.636. The number of amides is 2. The summed E-state index contributed by atoms with van der Waals surface area (Å²) in [7, 11) is -3.67. The molecule has 0 saturated heterocycles. The zero-order chi connectivity index (χ0) is 13.6. The van der Waals surface area contributed by atoms with Gasteiger partial charge in [-0.3, -0.25) is 14.3 Å². The SMILES string of the molecule is C=CC1C[C@]1(NC=O)C(=O)NS(=O)(=O)C1(C)CC1. The van der Waals surface area contributed by atoms with Gasteiger partial charge in [-0.1, -0.05) is 6.08 Å². The Hall–Kier alpha value is -1.37. The van der Waals surface area contributed by atoms with Crippen LogP contribution in [0, 0.1) is 5.92 Å². The number of hydrogen-bond donors (Lipinski definition) is 2. The molecule has 2 aliphatic rings. The van der Waals surface area contributed by atoms with E-state index in [1.54, 1.807) is 13.0 Å². The summed E-state index contributed by atoms with van der Waals surface area (Å²) in [6.07, 6.45) is 3.44. The van der Waals surface area contributed by atoms with E-state index in [4.69, 9.17) is 0 Å². The summed E-state index contributed by atoms with van der Waals surface area (Å²) in [5.41, 5.74) is -1.14. The molecule has 1 unspecified atom stereocenters. The molecule has 0 aliphatic heterocycles. The van der Waals surface area contributed by atoms with Crippen LogP contribution in [-0.2, 0) is 19.6 Å². The van der Waals surface area contributed by atoms with Gasteiger partial charge in [0.25, 0.3) is 5.91 Å². The molecule has 6 nitrogen and oxygen atoms in total. The number of nitrogens with one attached hydrogen (secondary N) is 2. The average Bonchev–Trinajstić information content (AvgIpc) is 3.16. The molecule has 2 atom stereocenters. The van der Waals surface area contributed by atoms with Crippen LogP contribution in [0.2, 0.25) is 0 Å². The van der Waals surface area contributed by atoms with Gasteiger partial charge in [-0.2, -0.15) is 0 Å². The molecule has 0 spiro atoms. The average molecular weight is 272 g/mol. The molecule has 0 bridgehead atoms. The molecule has 2 N–H and O–H groups in total. The lowest BCUT2D eigenvalue weighted by Gasteiger charge is -2.18. The molecule has 0 radical (unpaired) electrons. The van der Waals surface area contributed by atoms with E-state index in [-0.39, 0.29) is 5.92 Å². The maximum atomic E-state index is 12.0. The lowest BCUT2D eigenvalue weighted by atomic mass is 10.2. The van der Waals surface area contributed by atoms with Gasteiger partial charge in [-0.25, -0.2) is 8.42 Å². The van der Waals surface area contributed by atoms with Crippen LogP contribution < -0.4 is 10.0 Å². The van der Waals surface area contributed by atoms with Gasteiger partial charge in [0.1, 0.15) is 5.54 Å². The molecule has 0 aromatic rings. The molecule has 100 valence electrons. The van der Waals surface area contributed by atoms with E-state index in [1.165, 1.54) is 0 Å². The standard InChI is InChI=1S/C11H16N2O4S/c1-3-8-6-11(8,12-7-14)9(15)13-18(16,17)10(2)4-5-10/h3,7-8H,1,4-6H2,2H3,(H,12,14)(H,13,15)/t8?,11-/m1/s1. The summed E-state index contributed by atoms with van der Waals surface area (Å²) in [6.45, 7) is 5.15. The molecule has 2 amide bonds. The molecule has 18 heavy (non-hydrogen) atoms. The van der Waals surface area contributed by atoms with Crippen molar-refractivity contribution in [3.63, 3.8) is 0 Å². The maximum absolute atomic E-state index is 12.0. The van der Waals surface area contributed by atoms with Crippen LogP contribution in [0.3, 0.4) is 0 Å². The largest absolute Gasteiger partial charge is 0.344 e. The van der Waals surface area contributed by atoms with Crippen LogP contribution in [0.4, 0.5) is 0 Å². The molecular weight excluding hydrogens is 256 g/mol. The first-order valence-electron chi connectivity index (χ1n) is 5.72. The van der Waals surface area contributed by atoms with E-state index in [0.29, 0.717) is 25.7 Å². The van der Waals surface area contributed by atoms with Crippen molar-refractivity contribution in [3.05, 3.63) is 12.7 Å². The van der Waals surface area contributed by atoms with Crippen LogP contribution in [-0.4, -0.2) is 31.0 Å². The van der Waals surface area contributed by atoms with E-state index < -0.39 is 26.2 Å².